The second-order valence-electron chi connectivity index (χ2n) is 7.75. The number of amides is 2. The lowest BCUT2D eigenvalue weighted by molar-refractivity contribution is -0.116. The first kappa shape index (κ1) is 19.5. The van der Waals surface area contributed by atoms with Crippen molar-refractivity contribution >= 4 is 27.7 Å². The third-order valence-electron chi connectivity index (χ3n) is 5.43. The number of sulfonamides is 1. The van der Waals surface area contributed by atoms with Crippen molar-refractivity contribution in [1.82, 2.24) is 14.1 Å². The van der Waals surface area contributed by atoms with Crippen LogP contribution < -0.4 is 5.32 Å². The van der Waals surface area contributed by atoms with E-state index in [0.717, 1.165) is 24.2 Å². The minimum atomic E-state index is -3.93. The molecule has 0 saturated heterocycles. The van der Waals surface area contributed by atoms with Gasteiger partial charge in [0.25, 0.3) is 5.91 Å². The first-order valence-corrected chi connectivity index (χ1v) is 11.6. The first-order valence-electron chi connectivity index (χ1n) is 10.0. The third kappa shape index (κ3) is 3.72. The second-order valence-corrected chi connectivity index (χ2v) is 9.64. The van der Waals surface area contributed by atoms with E-state index in [1.54, 1.807) is 28.9 Å². The minimum Gasteiger partial charge on any atom is -0.309 e. The number of aromatic nitrogens is 2. The topological polar surface area (TPSA) is 101 Å². The number of nitrogens with one attached hydrogen (secondary N) is 1. The molecule has 8 nitrogen and oxygen atoms in total. The number of hydrogen-bond donors (Lipinski definition) is 1. The molecule has 2 amide bonds. The first-order chi connectivity index (χ1) is 14.9. The zero-order valence-corrected chi connectivity index (χ0v) is 17.4. The Labute approximate surface area is 179 Å². The van der Waals surface area contributed by atoms with Gasteiger partial charge in [-0.2, -0.15) is 5.10 Å². The normalized spacial score (nSPS) is 17.3. The highest BCUT2D eigenvalue weighted by Gasteiger charge is 2.37. The van der Waals surface area contributed by atoms with Gasteiger partial charge in [-0.3, -0.25) is 9.59 Å². The minimum absolute atomic E-state index is 0.301. The number of hydrogen-bond acceptors (Lipinski definition) is 5. The summed E-state index contributed by atoms with van der Waals surface area (Å²) in [4.78, 5) is 25.6. The molecule has 1 saturated carbocycles. The number of rotatable bonds is 5. The molecule has 2 heterocycles. The highest BCUT2D eigenvalue weighted by atomic mass is 32.2. The van der Waals surface area contributed by atoms with Crippen molar-refractivity contribution in [1.29, 1.82) is 0 Å². The van der Waals surface area contributed by atoms with Crippen LogP contribution in [-0.4, -0.2) is 40.9 Å². The number of nitrogens with zero attached hydrogens (tertiary/aromatic N) is 3. The Kier molecular flexibility index (Phi) is 4.62. The smallest absolute Gasteiger partial charge is 0.268 e. The summed E-state index contributed by atoms with van der Waals surface area (Å²) < 4.78 is 27.6. The van der Waals surface area contributed by atoms with E-state index in [1.165, 1.54) is 0 Å². The maximum Gasteiger partial charge on any atom is 0.268 e. The van der Waals surface area contributed by atoms with Gasteiger partial charge in [-0.15, -0.1) is 0 Å². The van der Waals surface area contributed by atoms with Crippen LogP contribution in [0.5, 0.6) is 0 Å². The molecule has 0 spiro atoms. The SMILES string of the molecule is O=C(CN1C(=O)c2ccccc2CS1(=O)=O)Nc1cc(C2CC2)nn1-c1ccccc1. The highest BCUT2D eigenvalue weighted by molar-refractivity contribution is 7.89. The predicted octanol–water partition coefficient (Wildman–Crippen LogP) is 2.67. The molecule has 1 N–H and O–H groups in total. The van der Waals surface area contributed by atoms with Crippen LogP contribution in [0.4, 0.5) is 5.82 Å². The van der Waals surface area contributed by atoms with Gasteiger partial charge in [0, 0.05) is 17.5 Å². The van der Waals surface area contributed by atoms with Crippen molar-refractivity contribution in [3.63, 3.8) is 0 Å². The van der Waals surface area contributed by atoms with Gasteiger partial charge in [0.15, 0.2) is 0 Å². The lowest BCUT2D eigenvalue weighted by Gasteiger charge is -2.27. The third-order valence-corrected chi connectivity index (χ3v) is 7.07. The maximum absolute atomic E-state index is 12.8. The molecule has 5 rings (SSSR count). The average Bonchev–Trinajstić information content (AvgIpc) is 3.52. The molecule has 2 aromatic carbocycles. The summed E-state index contributed by atoms with van der Waals surface area (Å²) in [5.41, 5.74) is 2.41. The Morgan fingerprint density at radius 1 is 1.06 bits per heavy atom. The van der Waals surface area contributed by atoms with E-state index in [0.29, 0.717) is 27.2 Å². The number of carbonyl (C=O) groups is 2. The van der Waals surface area contributed by atoms with Gasteiger partial charge in [-0.25, -0.2) is 17.4 Å². The molecule has 31 heavy (non-hydrogen) atoms. The van der Waals surface area contributed by atoms with Gasteiger partial charge in [-0.1, -0.05) is 36.4 Å². The molecule has 9 heteroatoms. The van der Waals surface area contributed by atoms with Gasteiger partial charge in [0.05, 0.1) is 17.1 Å². The van der Waals surface area contributed by atoms with Gasteiger partial charge in [0.2, 0.25) is 15.9 Å². The van der Waals surface area contributed by atoms with E-state index in [9.17, 15) is 18.0 Å². The van der Waals surface area contributed by atoms with Crippen LogP contribution in [-0.2, 0) is 20.6 Å². The summed E-state index contributed by atoms with van der Waals surface area (Å²) in [6.07, 6.45) is 2.11. The summed E-state index contributed by atoms with van der Waals surface area (Å²) in [5.74, 6) is -0.778. The molecule has 0 bridgehead atoms. The fourth-order valence-corrected chi connectivity index (χ4v) is 5.17. The van der Waals surface area contributed by atoms with Crippen molar-refractivity contribution in [2.45, 2.75) is 24.5 Å². The Balaban J connectivity index is 1.41. The van der Waals surface area contributed by atoms with Gasteiger partial charge in [0.1, 0.15) is 12.4 Å². The van der Waals surface area contributed by atoms with Gasteiger partial charge in [-0.05, 0) is 36.6 Å². The largest absolute Gasteiger partial charge is 0.309 e. The summed E-state index contributed by atoms with van der Waals surface area (Å²) in [7, 11) is -3.93. The summed E-state index contributed by atoms with van der Waals surface area (Å²) in [5, 5.41) is 7.36. The van der Waals surface area contributed by atoms with E-state index in [1.807, 2.05) is 36.4 Å². The van der Waals surface area contributed by atoms with Gasteiger partial charge < -0.3 is 5.32 Å². The monoisotopic (exact) mass is 436 g/mol. The van der Waals surface area contributed by atoms with Crippen LogP contribution in [0.2, 0.25) is 0 Å². The quantitative estimate of drug-likeness (QED) is 0.663. The van der Waals surface area contributed by atoms with Crippen molar-refractivity contribution in [2.24, 2.45) is 0 Å². The molecule has 0 atom stereocenters. The molecule has 3 aromatic rings. The molecule has 0 radical (unpaired) electrons. The molecular weight excluding hydrogens is 416 g/mol. The summed E-state index contributed by atoms with van der Waals surface area (Å²) >= 11 is 0. The standard InChI is InChI=1S/C22H20N4O4S/c27-21(13-25-22(28)18-9-5-4-6-16(18)14-31(25,29)30)23-20-12-19(15-10-11-15)24-26(20)17-7-2-1-3-8-17/h1-9,12,15H,10-11,13-14H2,(H,23,27). The van der Waals surface area contributed by atoms with Crippen LogP contribution in [0.1, 0.15) is 40.4 Å². The lowest BCUT2D eigenvalue weighted by Crippen LogP contribution is -2.46. The summed E-state index contributed by atoms with van der Waals surface area (Å²) in [6, 6.07) is 17.7. The van der Waals surface area contributed by atoms with E-state index in [4.69, 9.17) is 0 Å². The van der Waals surface area contributed by atoms with Crippen LogP contribution in [0.3, 0.4) is 0 Å². The Morgan fingerprint density at radius 2 is 1.77 bits per heavy atom. The highest BCUT2D eigenvalue weighted by Crippen LogP contribution is 2.40. The molecule has 1 fully saturated rings. The van der Waals surface area contributed by atoms with Crippen LogP contribution >= 0.6 is 0 Å². The second kappa shape index (κ2) is 7.35. The predicted molar refractivity (Wildman–Crippen MR) is 114 cm³/mol. The van der Waals surface area contributed by atoms with Crippen LogP contribution in [0.25, 0.3) is 5.69 Å². The van der Waals surface area contributed by atoms with Crippen LogP contribution in [0, 0.1) is 0 Å². The average molecular weight is 436 g/mol. The van der Waals surface area contributed by atoms with Crippen molar-refractivity contribution < 1.29 is 18.0 Å². The van der Waals surface area contributed by atoms with Gasteiger partial charge >= 0.3 is 0 Å². The molecular formula is C22H20N4O4S. The lowest BCUT2D eigenvalue weighted by atomic mass is 10.1. The van der Waals surface area contributed by atoms with Crippen molar-refractivity contribution in [3.05, 3.63) is 77.5 Å². The Morgan fingerprint density at radius 3 is 2.52 bits per heavy atom. The molecule has 0 unspecified atom stereocenters. The van der Waals surface area contributed by atoms with E-state index in [2.05, 4.69) is 10.4 Å². The van der Waals surface area contributed by atoms with Crippen LogP contribution in [0.15, 0.2) is 60.7 Å². The number of anilines is 1. The molecule has 158 valence electrons. The number of fused-ring (bicyclic) bond motifs is 1. The summed E-state index contributed by atoms with van der Waals surface area (Å²) in [6.45, 7) is -0.589. The number of carbonyl (C=O) groups excluding carboxylic acids is 2. The van der Waals surface area contributed by atoms with E-state index in [-0.39, 0.29) is 5.75 Å². The van der Waals surface area contributed by atoms with Crippen molar-refractivity contribution in [3.8, 4) is 5.69 Å². The molecule has 2 aliphatic rings. The number of para-hydroxylation sites is 1. The van der Waals surface area contributed by atoms with E-state index >= 15 is 0 Å². The molecule has 1 aliphatic heterocycles. The fraction of sp³-hybridized carbons (Fsp3) is 0.227. The maximum atomic E-state index is 12.8. The number of benzene rings is 2. The Hall–Kier alpha value is -3.46. The molecule has 1 aliphatic carbocycles. The molecule has 1 aromatic heterocycles. The zero-order chi connectivity index (χ0) is 21.6. The Bertz CT molecular complexity index is 1280. The van der Waals surface area contributed by atoms with Crippen molar-refractivity contribution in [2.75, 3.05) is 11.9 Å². The zero-order valence-electron chi connectivity index (χ0n) is 16.6. The van der Waals surface area contributed by atoms with E-state index < -0.39 is 28.4 Å². The fourth-order valence-electron chi connectivity index (χ4n) is 3.71.